The smallest absolute Gasteiger partial charge is 0.320 e. The van der Waals surface area contributed by atoms with Gasteiger partial charge in [-0.1, -0.05) is 0 Å². The molecule has 0 amide bonds. The van der Waals surface area contributed by atoms with Crippen LogP contribution in [0.3, 0.4) is 0 Å². The number of hydrogen-bond donors (Lipinski definition) is 0. The molecule has 0 aliphatic carbocycles. The van der Waals surface area contributed by atoms with Gasteiger partial charge in [0, 0.05) is 28.4 Å². The fourth-order valence-electron chi connectivity index (χ4n) is 1.11. The molecule has 0 unspecified atom stereocenters. The molecule has 0 saturated carbocycles. The van der Waals surface area contributed by atoms with Crippen molar-refractivity contribution in [1.29, 1.82) is 0 Å². The Hall–Kier alpha value is -1.22. The van der Waals surface area contributed by atoms with E-state index < -0.39 is 30.4 Å². The summed E-state index contributed by atoms with van der Waals surface area (Å²) in [4.78, 5) is 23.2. The summed E-state index contributed by atoms with van der Waals surface area (Å²) in [6, 6.07) is 0. The SMILES string of the molecule is COC(COC(=O)C(C)C(=O)OCC(OC)OC)OC. The minimum atomic E-state index is -1.06. The Bertz CT molecular complexity index is 257. The van der Waals surface area contributed by atoms with Crippen molar-refractivity contribution in [3.05, 3.63) is 0 Å². The van der Waals surface area contributed by atoms with Gasteiger partial charge in [-0.3, -0.25) is 9.59 Å². The van der Waals surface area contributed by atoms with Crippen LogP contribution in [-0.4, -0.2) is 66.2 Å². The molecule has 118 valence electrons. The normalized spacial score (nSPS) is 11.2. The zero-order valence-corrected chi connectivity index (χ0v) is 12.4. The van der Waals surface area contributed by atoms with Gasteiger partial charge in [0.25, 0.3) is 0 Å². The Balaban J connectivity index is 4.12. The summed E-state index contributed by atoms with van der Waals surface area (Å²) in [7, 11) is 5.65. The second kappa shape index (κ2) is 10.6. The molecule has 0 aromatic rings. The second-order valence-corrected chi connectivity index (χ2v) is 3.78. The highest BCUT2D eigenvalue weighted by molar-refractivity contribution is 5.94. The van der Waals surface area contributed by atoms with E-state index >= 15 is 0 Å². The third-order valence-corrected chi connectivity index (χ3v) is 2.48. The summed E-state index contributed by atoms with van der Waals surface area (Å²) in [5.74, 6) is -2.50. The molecule has 0 aromatic carbocycles. The lowest BCUT2D eigenvalue weighted by Gasteiger charge is -2.17. The Morgan fingerprint density at radius 2 is 1.05 bits per heavy atom. The molecular weight excluding hydrogens is 272 g/mol. The monoisotopic (exact) mass is 294 g/mol. The lowest BCUT2D eigenvalue weighted by atomic mass is 10.2. The van der Waals surface area contributed by atoms with Gasteiger partial charge in [0.1, 0.15) is 13.2 Å². The summed E-state index contributed by atoms with van der Waals surface area (Å²) in [6.07, 6.45) is -1.35. The van der Waals surface area contributed by atoms with Gasteiger partial charge >= 0.3 is 11.9 Å². The average Bonchev–Trinajstić information content (AvgIpc) is 2.47. The molecule has 0 heterocycles. The average molecular weight is 294 g/mol. The first-order chi connectivity index (χ1) is 9.49. The van der Waals surface area contributed by atoms with Crippen molar-refractivity contribution < 1.29 is 38.0 Å². The molecule has 0 aromatic heterocycles. The number of carbonyl (C=O) groups is 2. The quantitative estimate of drug-likeness (QED) is 0.315. The Morgan fingerprint density at radius 1 is 0.750 bits per heavy atom. The first-order valence-electron chi connectivity index (χ1n) is 5.94. The van der Waals surface area contributed by atoms with Crippen molar-refractivity contribution in [3.63, 3.8) is 0 Å². The van der Waals surface area contributed by atoms with Crippen LogP contribution in [0.4, 0.5) is 0 Å². The molecule has 8 nitrogen and oxygen atoms in total. The highest BCUT2D eigenvalue weighted by Gasteiger charge is 2.26. The van der Waals surface area contributed by atoms with E-state index in [4.69, 9.17) is 28.4 Å². The molecule has 0 radical (unpaired) electrons. The molecular formula is C12H22O8. The van der Waals surface area contributed by atoms with Gasteiger partial charge < -0.3 is 28.4 Å². The fourth-order valence-corrected chi connectivity index (χ4v) is 1.11. The van der Waals surface area contributed by atoms with E-state index in [1.165, 1.54) is 35.4 Å². The standard InChI is InChI=1S/C12H22O8/c1-8(11(13)19-6-9(15-2)16-3)12(14)20-7-10(17-4)18-5/h8-10H,6-7H2,1-5H3. The number of ether oxygens (including phenoxy) is 6. The third-order valence-electron chi connectivity index (χ3n) is 2.48. The van der Waals surface area contributed by atoms with E-state index in [9.17, 15) is 9.59 Å². The Labute approximate surface area is 118 Å². The van der Waals surface area contributed by atoms with Gasteiger partial charge in [0.2, 0.25) is 0 Å². The molecule has 0 saturated heterocycles. The minimum Gasteiger partial charge on any atom is -0.460 e. The molecule has 0 spiro atoms. The Morgan fingerprint density at radius 3 is 1.30 bits per heavy atom. The molecule has 8 heteroatoms. The van der Waals surface area contributed by atoms with Gasteiger partial charge in [0.15, 0.2) is 18.5 Å². The van der Waals surface area contributed by atoms with Crippen molar-refractivity contribution in [3.8, 4) is 0 Å². The minimum absolute atomic E-state index is 0.109. The van der Waals surface area contributed by atoms with Gasteiger partial charge in [-0.15, -0.1) is 0 Å². The first kappa shape index (κ1) is 18.8. The van der Waals surface area contributed by atoms with Crippen molar-refractivity contribution >= 4 is 11.9 Å². The van der Waals surface area contributed by atoms with Crippen LogP contribution in [0.2, 0.25) is 0 Å². The maximum Gasteiger partial charge on any atom is 0.320 e. The lowest BCUT2D eigenvalue weighted by molar-refractivity contribution is -0.181. The van der Waals surface area contributed by atoms with Gasteiger partial charge in [-0.05, 0) is 6.92 Å². The summed E-state index contributed by atoms with van der Waals surface area (Å²) < 4.78 is 29.2. The van der Waals surface area contributed by atoms with E-state index in [2.05, 4.69) is 0 Å². The number of esters is 2. The summed E-state index contributed by atoms with van der Waals surface area (Å²) in [6.45, 7) is 1.17. The molecule has 0 atom stereocenters. The fraction of sp³-hybridized carbons (Fsp3) is 0.833. The second-order valence-electron chi connectivity index (χ2n) is 3.78. The van der Waals surface area contributed by atoms with E-state index in [0.29, 0.717) is 0 Å². The lowest BCUT2D eigenvalue weighted by Crippen LogP contribution is -2.31. The van der Waals surface area contributed by atoms with Crippen molar-refractivity contribution in [2.75, 3.05) is 41.7 Å². The molecule has 0 bridgehead atoms. The van der Waals surface area contributed by atoms with Crippen LogP contribution in [0.1, 0.15) is 6.92 Å². The molecule has 0 aliphatic rings. The predicted molar refractivity (Wildman–Crippen MR) is 66.7 cm³/mol. The van der Waals surface area contributed by atoms with Crippen LogP contribution in [0.15, 0.2) is 0 Å². The summed E-state index contributed by atoms with van der Waals surface area (Å²) in [5, 5.41) is 0. The van der Waals surface area contributed by atoms with Gasteiger partial charge in [0.05, 0.1) is 0 Å². The molecule has 0 N–H and O–H groups in total. The summed E-state index contributed by atoms with van der Waals surface area (Å²) in [5.41, 5.74) is 0. The molecule has 0 rings (SSSR count). The first-order valence-corrected chi connectivity index (χ1v) is 5.94. The number of hydrogen-bond acceptors (Lipinski definition) is 8. The van der Waals surface area contributed by atoms with Crippen LogP contribution >= 0.6 is 0 Å². The largest absolute Gasteiger partial charge is 0.460 e. The highest BCUT2D eigenvalue weighted by atomic mass is 16.7. The van der Waals surface area contributed by atoms with Crippen LogP contribution < -0.4 is 0 Å². The summed E-state index contributed by atoms with van der Waals surface area (Å²) >= 11 is 0. The number of rotatable bonds is 10. The molecule has 0 aliphatic heterocycles. The van der Waals surface area contributed by atoms with Crippen LogP contribution in [-0.2, 0) is 38.0 Å². The van der Waals surface area contributed by atoms with Crippen LogP contribution in [0.5, 0.6) is 0 Å². The predicted octanol–water partition coefficient (Wildman–Crippen LogP) is -0.0533. The number of carbonyl (C=O) groups excluding carboxylic acids is 2. The van der Waals surface area contributed by atoms with Gasteiger partial charge in [-0.2, -0.15) is 0 Å². The highest BCUT2D eigenvalue weighted by Crippen LogP contribution is 2.05. The maximum atomic E-state index is 11.6. The van der Waals surface area contributed by atoms with Crippen molar-refractivity contribution in [1.82, 2.24) is 0 Å². The maximum absolute atomic E-state index is 11.6. The topological polar surface area (TPSA) is 89.5 Å². The third kappa shape index (κ3) is 6.80. The van der Waals surface area contributed by atoms with Crippen molar-refractivity contribution in [2.45, 2.75) is 19.5 Å². The van der Waals surface area contributed by atoms with E-state index in [1.807, 2.05) is 0 Å². The van der Waals surface area contributed by atoms with Gasteiger partial charge in [-0.25, -0.2) is 0 Å². The van der Waals surface area contributed by atoms with Crippen LogP contribution in [0.25, 0.3) is 0 Å². The van der Waals surface area contributed by atoms with Crippen LogP contribution in [0, 0.1) is 5.92 Å². The number of methoxy groups -OCH3 is 4. The molecule has 0 fully saturated rings. The van der Waals surface area contributed by atoms with E-state index in [-0.39, 0.29) is 13.2 Å². The molecule has 20 heavy (non-hydrogen) atoms. The van der Waals surface area contributed by atoms with E-state index in [0.717, 1.165) is 0 Å². The zero-order chi connectivity index (χ0) is 15.5. The van der Waals surface area contributed by atoms with Crippen molar-refractivity contribution in [2.24, 2.45) is 5.92 Å². The Kier molecular flexibility index (Phi) is 9.91. The van der Waals surface area contributed by atoms with E-state index in [1.54, 1.807) is 0 Å². The zero-order valence-electron chi connectivity index (χ0n) is 12.4.